The predicted molar refractivity (Wildman–Crippen MR) is 194 cm³/mol. The second-order valence-corrected chi connectivity index (χ2v) is 13.3. The zero-order valence-corrected chi connectivity index (χ0v) is 30.6. The maximum atomic E-state index is 13.0. The van der Waals surface area contributed by atoms with Crippen LogP contribution in [0.1, 0.15) is 188 Å². The van der Waals surface area contributed by atoms with E-state index in [0.717, 1.165) is 57.9 Å². The Morgan fingerprint density at radius 3 is 1.27 bits per heavy atom. The van der Waals surface area contributed by atoms with Crippen LogP contribution in [0.15, 0.2) is 24.3 Å². The van der Waals surface area contributed by atoms with Gasteiger partial charge in [-0.1, -0.05) is 129 Å². The zero-order chi connectivity index (χ0) is 33.2. The molecule has 0 N–H and O–H groups in total. The van der Waals surface area contributed by atoms with Crippen molar-refractivity contribution in [2.75, 3.05) is 20.6 Å². The lowest BCUT2D eigenvalue weighted by molar-refractivity contribution is -0.169. The topological polar surface area (TPSA) is 55.8 Å². The summed E-state index contributed by atoms with van der Waals surface area (Å²) in [6.45, 7) is 7.81. The van der Waals surface area contributed by atoms with Gasteiger partial charge in [0.15, 0.2) is 0 Å². The van der Waals surface area contributed by atoms with Crippen molar-refractivity contribution in [2.45, 2.75) is 200 Å². The van der Waals surface area contributed by atoms with Crippen LogP contribution in [0, 0.1) is 0 Å². The number of carbonyl (C=O) groups excluding carboxylic acids is 2. The van der Waals surface area contributed by atoms with Gasteiger partial charge < -0.3 is 14.4 Å². The highest BCUT2D eigenvalue weighted by Gasteiger charge is 2.28. The van der Waals surface area contributed by atoms with E-state index in [1.165, 1.54) is 89.9 Å². The molecule has 0 aromatic heterocycles. The van der Waals surface area contributed by atoms with Crippen LogP contribution in [0.4, 0.5) is 0 Å². The molecule has 0 rings (SSSR count). The normalized spacial score (nSPS) is 13.2. The van der Waals surface area contributed by atoms with E-state index in [4.69, 9.17) is 9.47 Å². The highest BCUT2D eigenvalue weighted by atomic mass is 16.6. The second kappa shape index (κ2) is 33.7. The van der Waals surface area contributed by atoms with Gasteiger partial charge >= 0.3 is 11.9 Å². The van der Waals surface area contributed by atoms with Gasteiger partial charge in [-0.15, -0.1) is 0 Å². The summed E-state index contributed by atoms with van der Waals surface area (Å²) in [6, 6.07) is 0. The Hall–Kier alpha value is -1.62. The van der Waals surface area contributed by atoms with E-state index in [2.05, 4.69) is 64.1 Å². The van der Waals surface area contributed by atoms with Crippen LogP contribution < -0.4 is 0 Å². The molecule has 0 aliphatic carbocycles. The smallest absolute Gasteiger partial charge is 0.306 e. The lowest BCUT2D eigenvalue weighted by atomic mass is 9.99. The molecule has 0 saturated heterocycles. The number of nitrogens with zero attached hydrogens (tertiary/aromatic N) is 1. The number of hydrogen-bond donors (Lipinski definition) is 0. The maximum Gasteiger partial charge on any atom is 0.306 e. The summed E-state index contributed by atoms with van der Waals surface area (Å²) in [4.78, 5) is 28.2. The first-order valence-corrected chi connectivity index (χ1v) is 19.3. The summed E-state index contributed by atoms with van der Waals surface area (Å²) in [6.07, 6.45) is 35.3. The first-order chi connectivity index (χ1) is 21.9. The summed E-state index contributed by atoms with van der Waals surface area (Å²) < 4.78 is 12.3. The van der Waals surface area contributed by atoms with Gasteiger partial charge in [0, 0.05) is 12.8 Å². The zero-order valence-electron chi connectivity index (χ0n) is 30.6. The quantitative estimate of drug-likeness (QED) is 0.0409. The molecule has 0 radical (unpaired) electrons. The van der Waals surface area contributed by atoms with Gasteiger partial charge in [0.2, 0.25) is 0 Å². The standard InChI is InChI=1S/C40H75NO4/c1-6-9-12-15-18-24-29-34-39(42)44-37(32-27-22-17-14-11-8-3)38(33-28-23-20-21-26-31-36-41(4)5)45-40(43)35-30-25-19-16-13-10-7-2/h18-19,24-25,37-38H,6-17,20-23,26-36H2,1-5H3/b24-18-,25-19-/t37-,38+/m1/s1. The Morgan fingerprint density at radius 2 is 0.844 bits per heavy atom. The second-order valence-electron chi connectivity index (χ2n) is 13.3. The third-order valence-corrected chi connectivity index (χ3v) is 8.48. The van der Waals surface area contributed by atoms with Gasteiger partial charge in [-0.3, -0.25) is 9.59 Å². The van der Waals surface area contributed by atoms with E-state index in [9.17, 15) is 9.59 Å². The van der Waals surface area contributed by atoms with Crippen molar-refractivity contribution < 1.29 is 19.1 Å². The molecule has 45 heavy (non-hydrogen) atoms. The summed E-state index contributed by atoms with van der Waals surface area (Å²) in [5.74, 6) is -0.331. The fourth-order valence-corrected chi connectivity index (χ4v) is 5.60. The largest absolute Gasteiger partial charge is 0.458 e. The van der Waals surface area contributed by atoms with Crippen LogP contribution in [-0.2, 0) is 19.1 Å². The number of unbranched alkanes of at least 4 members (excludes halogenated alkanes) is 16. The number of rotatable bonds is 33. The van der Waals surface area contributed by atoms with Gasteiger partial charge in [-0.05, 0) is 91.3 Å². The summed E-state index contributed by atoms with van der Waals surface area (Å²) >= 11 is 0. The SMILES string of the molecule is CCCCC/C=C\CCC(=O)O[C@@H](CCCCCCCCN(C)C)[C@@H](CCCCCCCC)OC(=O)CC/C=C\CCCCC. The van der Waals surface area contributed by atoms with Crippen molar-refractivity contribution in [1.29, 1.82) is 0 Å². The number of ether oxygens (including phenoxy) is 2. The Morgan fingerprint density at radius 1 is 0.489 bits per heavy atom. The minimum atomic E-state index is -0.357. The molecule has 0 saturated carbocycles. The fraction of sp³-hybridized carbons (Fsp3) is 0.850. The molecule has 264 valence electrons. The summed E-state index contributed by atoms with van der Waals surface area (Å²) in [5, 5.41) is 0. The fourth-order valence-electron chi connectivity index (χ4n) is 5.60. The molecule has 0 aliphatic heterocycles. The van der Waals surface area contributed by atoms with Gasteiger partial charge in [0.25, 0.3) is 0 Å². The molecule has 0 spiro atoms. The average molecular weight is 634 g/mol. The Kier molecular flexibility index (Phi) is 32.5. The number of esters is 2. The van der Waals surface area contributed by atoms with Crippen LogP contribution in [0.5, 0.6) is 0 Å². The Balaban J connectivity index is 5.20. The average Bonchev–Trinajstić information content (AvgIpc) is 3.01. The van der Waals surface area contributed by atoms with Gasteiger partial charge in [-0.25, -0.2) is 0 Å². The number of carbonyl (C=O) groups is 2. The number of hydrogen-bond acceptors (Lipinski definition) is 5. The van der Waals surface area contributed by atoms with Crippen molar-refractivity contribution in [3.05, 3.63) is 24.3 Å². The van der Waals surface area contributed by atoms with E-state index in [-0.39, 0.29) is 24.1 Å². The van der Waals surface area contributed by atoms with E-state index >= 15 is 0 Å². The lowest BCUT2D eigenvalue weighted by Gasteiger charge is -2.27. The first kappa shape index (κ1) is 43.4. The molecule has 0 amide bonds. The Labute approximate surface area is 280 Å². The molecule has 0 aromatic rings. The Bertz CT molecular complexity index is 717. The molecule has 0 bridgehead atoms. The first-order valence-electron chi connectivity index (χ1n) is 19.3. The van der Waals surface area contributed by atoms with Gasteiger partial charge in [-0.2, -0.15) is 0 Å². The lowest BCUT2D eigenvalue weighted by Crippen LogP contribution is -2.35. The maximum absolute atomic E-state index is 13.0. The van der Waals surface area contributed by atoms with Crippen molar-refractivity contribution in [3.8, 4) is 0 Å². The van der Waals surface area contributed by atoms with Crippen molar-refractivity contribution >= 4 is 11.9 Å². The van der Waals surface area contributed by atoms with Crippen LogP contribution >= 0.6 is 0 Å². The van der Waals surface area contributed by atoms with Crippen molar-refractivity contribution in [2.24, 2.45) is 0 Å². The molecule has 0 aromatic carbocycles. The molecular weight excluding hydrogens is 558 g/mol. The molecule has 0 fully saturated rings. The minimum Gasteiger partial charge on any atom is -0.458 e. The minimum absolute atomic E-state index is 0.166. The van der Waals surface area contributed by atoms with Gasteiger partial charge in [0.1, 0.15) is 12.2 Å². The third kappa shape index (κ3) is 30.8. The van der Waals surface area contributed by atoms with Crippen LogP contribution in [-0.4, -0.2) is 49.7 Å². The van der Waals surface area contributed by atoms with Gasteiger partial charge in [0.05, 0.1) is 0 Å². The molecule has 2 atom stereocenters. The molecule has 0 aliphatic rings. The van der Waals surface area contributed by atoms with E-state index in [0.29, 0.717) is 25.7 Å². The van der Waals surface area contributed by atoms with Crippen molar-refractivity contribution in [3.63, 3.8) is 0 Å². The third-order valence-electron chi connectivity index (χ3n) is 8.48. The predicted octanol–water partition coefficient (Wildman–Crippen LogP) is 11.7. The highest BCUT2D eigenvalue weighted by molar-refractivity contribution is 5.70. The molecule has 0 heterocycles. The summed E-state index contributed by atoms with van der Waals surface area (Å²) in [5.41, 5.74) is 0. The number of allylic oxidation sites excluding steroid dienone is 4. The molecular formula is C40H75NO4. The van der Waals surface area contributed by atoms with Crippen molar-refractivity contribution in [1.82, 2.24) is 4.90 Å². The van der Waals surface area contributed by atoms with E-state index < -0.39 is 0 Å². The van der Waals surface area contributed by atoms with E-state index in [1.54, 1.807) is 0 Å². The van der Waals surface area contributed by atoms with Crippen LogP contribution in [0.2, 0.25) is 0 Å². The van der Waals surface area contributed by atoms with E-state index in [1.807, 2.05) is 0 Å². The summed E-state index contributed by atoms with van der Waals surface area (Å²) in [7, 11) is 4.26. The molecule has 5 nitrogen and oxygen atoms in total. The highest BCUT2D eigenvalue weighted by Crippen LogP contribution is 2.22. The van der Waals surface area contributed by atoms with Crippen LogP contribution in [0.3, 0.4) is 0 Å². The molecule has 5 heteroatoms. The monoisotopic (exact) mass is 634 g/mol. The van der Waals surface area contributed by atoms with Crippen LogP contribution in [0.25, 0.3) is 0 Å². The molecule has 0 unspecified atom stereocenters.